The third-order valence-electron chi connectivity index (χ3n) is 1.72. The van der Waals surface area contributed by atoms with E-state index in [0.717, 1.165) is 24.6 Å². The van der Waals surface area contributed by atoms with Gasteiger partial charge in [0.1, 0.15) is 0 Å². The molecule has 0 amide bonds. The second kappa shape index (κ2) is 8.54. The van der Waals surface area contributed by atoms with Gasteiger partial charge in [0.25, 0.3) is 0 Å². The monoisotopic (exact) mass is 250 g/mol. The van der Waals surface area contributed by atoms with Gasteiger partial charge in [0, 0.05) is 11.8 Å². The van der Waals surface area contributed by atoms with Crippen LogP contribution in [0.2, 0.25) is 0 Å². The second-order valence-electron chi connectivity index (χ2n) is 3.55. The molecule has 13 heavy (non-hydrogen) atoms. The summed E-state index contributed by atoms with van der Waals surface area (Å²) in [4.78, 5) is 11.1. The van der Waals surface area contributed by atoms with Crippen molar-refractivity contribution >= 4 is 21.9 Å². The molecule has 0 N–H and O–H groups in total. The normalized spacial score (nSPS) is 10.5. The van der Waals surface area contributed by atoms with E-state index in [1.807, 2.05) is 0 Å². The van der Waals surface area contributed by atoms with Gasteiger partial charge >= 0.3 is 5.97 Å². The summed E-state index contributed by atoms with van der Waals surface area (Å²) < 4.78 is 5.05. The van der Waals surface area contributed by atoms with E-state index in [2.05, 4.69) is 29.8 Å². The Morgan fingerprint density at radius 2 is 2.08 bits per heavy atom. The smallest absolute Gasteiger partial charge is 0.305 e. The number of hydrogen-bond donors (Lipinski definition) is 0. The van der Waals surface area contributed by atoms with E-state index in [9.17, 15) is 4.79 Å². The molecule has 0 aromatic heterocycles. The van der Waals surface area contributed by atoms with Gasteiger partial charge < -0.3 is 4.74 Å². The molecule has 0 aliphatic rings. The van der Waals surface area contributed by atoms with E-state index in [-0.39, 0.29) is 5.97 Å². The third kappa shape index (κ3) is 9.87. The van der Waals surface area contributed by atoms with Crippen molar-refractivity contribution in [2.45, 2.75) is 39.5 Å². The minimum absolute atomic E-state index is 0.0541. The highest BCUT2D eigenvalue weighted by Crippen LogP contribution is 2.03. The number of carbonyl (C=O) groups is 1. The molecule has 0 fully saturated rings. The van der Waals surface area contributed by atoms with Crippen LogP contribution in [0.25, 0.3) is 0 Å². The Labute approximate surface area is 89.2 Å². The molecular weight excluding hydrogens is 232 g/mol. The lowest BCUT2D eigenvalue weighted by Crippen LogP contribution is -2.07. The first kappa shape index (κ1) is 12.9. The van der Waals surface area contributed by atoms with Crippen LogP contribution in [-0.2, 0) is 9.53 Å². The largest absolute Gasteiger partial charge is 0.466 e. The van der Waals surface area contributed by atoms with Gasteiger partial charge in [0.15, 0.2) is 0 Å². The molecule has 3 heteroatoms. The molecule has 0 aromatic carbocycles. The van der Waals surface area contributed by atoms with Crippen LogP contribution in [0.4, 0.5) is 0 Å². The molecule has 0 saturated heterocycles. The van der Waals surface area contributed by atoms with Gasteiger partial charge in [-0.3, -0.25) is 4.79 Å². The molecule has 0 aromatic rings. The van der Waals surface area contributed by atoms with E-state index in [4.69, 9.17) is 4.74 Å². The molecule has 2 nitrogen and oxygen atoms in total. The van der Waals surface area contributed by atoms with Crippen LogP contribution < -0.4 is 0 Å². The van der Waals surface area contributed by atoms with E-state index in [1.54, 1.807) is 0 Å². The van der Waals surface area contributed by atoms with Gasteiger partial charge in [0.2, 0.25) is 0 Å². The SMILES string of the molecule is CC(C)CCOC(=O)CCCCBr. The second-order valence-corrected chi connectivity index (χ2v) is 4.34. The molecule has 0 unspecified atom stereocenters. The lowest BCUT2D eigenvalue weighted by molar-refractivity contribution is -0.144. The highest BCUT2D eigenvalue weighted by molar-refractivity contribution is 9.09. The number of hydrogen-bond acceptors (Lipinski definition) is 2. The summed E-state index contributed by atoms with van der Waals surface area (Å²) >= 11 is 3.32. The molecule has 78 valence electrons. The first-order valence-electron chi connectivity index (χ1n) is 4.88. The van der Waals surface area contributed by atoms with Crippen molar-refractivity contribution in [2.24, 2.45) is 5.92 Å². The van der Waals surface area contributed by atoms with Crippen molar-refractivity contribution in [2.75, 3.05) is 11.9 Å². The average molecular weight is 251 g/mol. The van der Waals surface area contributed by atoms with Crippen molar-refractivity contribution in [3.63, 3.8) is 0 Å². The highest BCUT2D eigenvalue weighted by Gasteiger charge is 2.02. The predicted molar refractivity (Wildman–Crippen MR) is 58.1 cm³/mol. The number of alkyl halides is 1. The van der Waals surface area contributed by atoms with Gasteiger partial charge in [-0.25, -0.2) is 0 Å². The van der Waals surface area contributed by atoms with Gasteiger partial charge in [-0.15, -0.1) is 0 Å². The van der Waals surface area contributed by atoms with Gasteiger partial charge in [-0.1, -0.05) is 29.8 Å². The maximum absolute atomic E-state index is 11.1. The number of ether oxygens (including phenoxy) is 1. The number of halogens is 1. The molecular formula is C10H19BrO2. The number of esters is 1. The zero-order chi connectivity index (χ0) is 10.1. The summed E-state index contributed by atoms with van der Waals surface area (Å²) in [6.45, 7) is 4.82. The Morgan fingerprint density at radius 3 is 2.62 bits per heavy atom. The van der Waals surface area contributed by atoms with Crippen LogP contribution >= 0.6 is 15.9 Å². The van der Waals surface area contributed by atoms with Gasteiger partial charge in [-0.05, 0) is 25.2 Å². The quantitative estimate of drug-likeness (QED) is 0.394. The summed E-state index contributed by atoms with van der Waals surface area (Å²) in [5.74, 6) is 0.553. The molecule has 0 spiro atoms. The maximum atomic E-state index is 11.1. The molecule has 0 radical (unpaired) electrons. The third-order valence-corrected chi connectivity index (χ3v) is 2.28. The Bertz CT molecular complexity index is 135. The number of unbranched alkanes of at least 4 members (excludes halogenated alkanes) is 1. The van der Waals surface area contributed by atoms with Crippen LogP contribution in [0.1, 0.15) is 39.5 Å². The highest BCUT2D eigenvalue weighted by atomic mass is 79.9. The number of rotatable bonds is 7. The van der Waals surface area contributed by atoms with Crippen LogP contribution in [0.5, 0.6) is 0 Å². The van der Waals surface area contributed by atoms with E-state index < -0.39 is 0 Å². The van der Waals surface area contributed by atoms with Crippen molar-refractivity contribution in [1.29, 1.82) is 0 Å². The maximum Gasteiger partial charge on any atom is 0.305 e. The zero-order valence-corrected chi connectivity index (χ0v) is 10.1. The lowest BCUT2D eigenvalue weighted by Gasteiger charge is -2.05. The van der Waals surface area contributed by atoms with Crippen LogP contribution in [0.3, 0.4) is 0 Å². The fraction of sp³-hybridized carbons (Fsp3) is 0.900. The minimum Gasteiger partial charge on any atom is -0.466 e. The topological polar surface area (TPSA) is 26.3 Å². The molecule has 0 atom stereocenters. The Hall–Kier alpha value is -0.0500. The zero-order valence-electron chi connectivity index (χ0n) is 8.51. The summed E-state index contributed by atoms with van der Waals surface area (Å²) in [5, 5.41) is 0.965. The summed E-state index contributed by atoms with van der Waals surface area (Å²) in [5.41, 5.74) is 0. The van der Waals surface area contributed by atoms with Gasteiger partial charge in [-0.2, -0.15) is 0 Å². The molecule has 0 bridgehead atoms. The van der Waals surface area contributed by atoms with Crippen LogP contribution in [0, 0.1) is 5.92 Å². The van der Waals surface area contributed by atoms with Crippen molar-refractivity contribution in [1.82, 2.24) is 0 Å². The molecule has 0 saturated carbocycles. The number of carbonyl (C=O) groups excluding carboxylic acids is 1. The molecule has 0 aliphatic carbocycles. The first-order valence-corrected chi connectivity index (χ1v) is 6.00. The summed E-state index contributed by atoms with van der Waals surface area (Å²) in [6.07, 6.45) is 3.49. The van der Waals surface area contributed by atoms with Crippen molar-refractivity contribution < 1.29 is 9.53 Å². The predicted octanol–water partition coefficient (Wildman–Crippen LogP) is 3.14. The molecule has 0 heterocycles. The molecule has 0 rings (SSSR count). The lowest BCUT2D eigenvalue weighted by atomic mass is 10.1. The fourth-order valence-electron chi connectivity index (χ4n) is 0.844. The van der Waals surface area contributed by atoms with Crippen molar-refractivity contribution in [3.8, 4) is 0 Å². The Kier molecular flexibility index (Phi) is 8.51. The van der Waals surface area contributed by atoms with Gasteiger partial charge in [0.05, 0.1) is 6.61 Å². The summed E-state index contributed by atoms with van der Waals surface area (Å²) in [6, 6.07) is 0. The van der Waals surface area contributed by atoms with Crippen LogP contribution in [-0.4, -0.2) is 17.9 Å². The summed E-state index contributed by atoms with van der Waals surface area (Å²) in [7, 11) is 0. The van der Waals surface area contributed by atoms with E-state index in [0.29, 0.717) is 18.9 Å². The first-order chi connectivity index (χ1) is 6.16. The minimum atomic E-state index is -0.0541. The molecule has 0 aliphatic heterocycles. The van der Waals surface area contributed by atoms with Crippen molar-refractivity contribution in [3.05, 3.63) is 0 Å². The fourth-order valence-corrected chi connectivity index (χ4v) is 1.24. The standard InChI is InChI=1S/C10H19BrO2/c1-9(2)6-8-13-10(12)5-3-4-7-11/h9H,3-8H2,1-2H3. The average Bonchev–Trinajstić information content (AvgIpc) is 2.04. The van der Waals surface area contributed by atoms with E-state index in [1.165, 1.54) is 0 Å². The Morgan fingerprint density at radius 1 is 1.38 bits per heavy atom. The van der Waals surface area contributed by atoms with Crippen LogP contribution in [0.15, 0.2) is 0 Å². The Balaban J connectivity index is 3.20. The van der Waals surface area contributed by atoms with E-state index >= 15 is 0 Å².